The normalized spacial score (nSPS) is 10.3. The van der Waals surface area contributed by atoms with Crippen LogP contribution in [0.3, 0.4) is 0 Å². The standard InChI is InChI=1S/C14H10O2.C12H9N/c15-13(11-7-3-1-4-8-11)14(16)12-9-5-2-6-10-12;1-3-7-11-9(5-1)10-6-2-4-8-12(10)13-11/h1-10H;1-8,13H. The third-order valence-electron chi connectivity index (χ3n) is 4.69. The van der Waals surface area contributed by atoms with Crippen LogP contribution >= 0.6 is 0 Å². The highest BCUT2D eigenvalue weighted by atomic mass is 16.2. The molecule has 0 saturated carbocycles. The van der Waals surface area contributed by atoms with Crippen molar-refractivity contribution in [3.05, 3.63) is 120 Å². The van der Waals surface area contributed by atoms with Crippen LogP contribution in [0.5, 0.6) is 0 Å². The lowest BCUT2D eigenvalue weighted by atomic mass is 10.0. The van der Waals surface area contributed by atoms with Crippen molar-refractivity contribution in [2.24, 2.45) is 0 Å². The number of hydrogen-bond donors (Lipinski definition) is 1. The van der Waals surface area contributed by atoms with Gasteiger partial charge in [0, 0.05) is 32.9 Å². The number of hydrogen-bond acceptors (Lipinski definition) is 2. The molecule has 0 spiro atoms. The van der Waals surface area contributed by atoms with E-state index in [1.165, 1.54) is 21.8 Å². The lowest BCUT2D eigenvalue weighted by Crippen LogP contribution is -2.14. The molecule has 1 heterocycles. The number of benzene rings is 4. The Hall–Kier alpha value is -3.98. The van der Waals surface area contributed by atoms with Crippen LogP contribution in [-0.2, 0) is 0 Å². The van der Waals surface area contributed by atoms with Crippen molar-refractivity contribution in [3.63, 3.8) is 0 Å². The van der Waals surface area contributed by atoms with Gasteiger partial charge in [0.2, 0.25) is 11.6 Å². The maximum absolute atomic E-state index is 11.8. The fraction of sp³-hybridized carbons (Fsp3) is 0. The molecule has 140 valence electrons. The Balaban J connectivity index is 0.000000144. The summed E-state index contributed by atoms with van der Waals surface area (Å²) in [5.41, 5.74) is 3.28. The van der Waals surface area contributed by atoms with Crippen molar-refractivity contribution in [1.82, 2.24) is 4.98 Å². The summed E-state index contributed by atoms with van der Waals surface area (Å²) in [5, 5.41) is 2.61. The maximum atomic E-state index is 11.8. The Morgan fingerprint density at radius 1 is 0.448 bits per heavy atom. The van der Waals surface area contributed by atoms with Gasteiger partial charge in [-0.2, -0.15) is 0 Å². The Bertz CT molecular complexity index is 1170. The molecule has 0 saturated heterocycles. The van der Waals surface area contributed by atoms with Gasteiger partial charge in [0.15, 0.2) is 0 Å². The summed E-state index contributed by atoms with van der Waals surface area (Å²) in [4.78, 5) is 27.0. The van der Waals surface area contributed by atoms with Crippen LogP contribution in [0, 0.1) is 0 Å². The van der Waals surface area contributed by atoms with Crippen molar-refractivity contribution >= 4 is 33.4 Å². The number of H-pyrrole nitrogens is 1. The van der Waals surface area contributed by atoms with Crippen LogP contribution in [0.15, 0.2) is 109 Å². The van der Waals surface area contributed by atoms with Gasteiger partial charge < -0.3 is 4.98 Å². The van der Waals surface area contributed by atoms with Crippen LogP contribution in [0.4, 0.5) is 0 Å². The van der Waals surface area contributed by atoms with Gasteiger partial charge in [-0.1, -0.05) is 97.1 Å². The molecule has 0 fully saturated rings. The number of nitrogens with one attached hydrogen (secondary N) is 1. The van der Waals surface area contributed by atoms with E-state index >= 15 is 0 Å². The first-order valence-corrected chi connectivity index (χ1v) is 9.38. The predicted octanol–water partition coefficient (Wildman–Crippen LogP) is 6.07. The van der Waals surface area contributed by atoms with Gasteiger partial charge in [0.05, 0.1) is 0 Å². The second-order valence-electron chi connectivity index (χ2n) is 6.61. The average Bonchev–Trinajstić information content (AvgIpc) is 3.18. The Kier molecular flexibility index (Phi) is 5.30. The fourth-order valence-corrected chi connectivity index (χ4v) is 3.24. The average molecular weight is 377 g/mol. The molecule has 0 aliphatic rings. The van der Waals surface area contributed by atoms with Gasteiger partial charge in [-0.25, -0.2) is 0 Å². The molecule has 3 heteroatoms. The first kappa shape index (κ1) is 18.4. The molecule has 5 rings (SSSR count). The third-order valence-corrected chi connectivity index (χ3v) is 4.69. The highest BCUT2D eigenvalue weighted by Gasteiger charge is 2.17. The third kappa shape index (κ3) is 3.99. The van der Waals surface area contributed by atoms with E-state index in [1.807, 2.05) is 12.1 Å². The molecule has 1 N–H and O–H groups in total. The largest absolute Gasteiger partial charge is 0.355 e. The molecule has 0 radical (unpaired) electrons. The summed E-state index contributed by atoms with van der Waals surface area (Å²) in [6.07, 6.45) is 0. The number of ketones is 2. The molecule has 0 atom stereocenters. The minimum absolute atomic E-state index is 0.427. The van der Waals surface area contributed by atoms with Crippen LogP contribution < -0.4 is 0 Å². The van der Waals surface area contributed by atoms with E-state index in [9.17, 15) is 9.59 Å². The summed E-state index contributed by atoms with van der Waals surface area (Å²) >= 11 is 0. The molecular formula is C26H19NO2. The number of para-hydroxylation sites is 2. The first-order chi connectivity index (χ1) is 14.2. The molecule has 29 heavy (non-hydrogen) atoms. The molecular weight excluding hydrogens is 358 g/mol. The lowest BCUT2D eigenvalue weighted by molar-refractivity contribution is 0.0817. The Labute approximate surface area is 168 Å². The van der Waals surface area contributed by atoms with Crippen LogP contribution in [0.2, 0.25) is 0 Å². The van der Waals surface area contributed by atoms with E-state index in [-0.39, 0.29) is 0 Å². The minimum Gasteiger partial charge on any atom is -0.355 e. The molecule has 3 nitrogen and oxygen atoms in total. The summed E-state index contributed by atoms with van der Waals surface area (Å²) in [5.74, 6) is -0.932. The van der Waals surface area contributed by atoms with Gasteiger partial charge in [0.1, 0.15) is 0 Å². The van der Waals surface area contributed by atoms with E-state index in [4.69, 9.17) is 0 Å². The van der Waals surface area contributed by atoms with E-state index in [0.717, 1.165) is 0 Å². The molecule has 0 bridgehead atoms. The summed E-state index contributed by atoms with van der Waals surface area (Å²) in [6, 6.07) is 33.9. The zero-order valence-corrected chi connectivity index (χ0v) is 15.7. The van der Waals surface area contributed by atoms with E-state index in [2.05, 4.69) is 53.5 Å². The van der Waals surface area contributed by atoms with E-state index in [0.29, 0.717) is 11.1 Å². The zero-order valence-electron chi connectivity index (χ0n) is 15.7. The fourth-order valence-electron chi connectivity index (χ4n) is 3.24. The van der Waals surface area contributed by atoms with Crippen LogP contribution in [0.25, 0.3) is 21.8 Å². The summed E-state index contributed by atoms with van der Waals surface area (Å²) in [7, 11) is 0. The highest BCUT2D eigenvalue weighted by Crippen LogP contribution is 2.24. The van der Waals surface area contributed by atoms with E-state index < -0.39 is 11.6 Å². The molecule has 0 amide bonds. The van der Waals surface area contributed by atoms with Crippen molar-refractivity contribution in [1.29, 1.82) is 0 Å². The summed E-state index contributed by atoms with van der Waals surface area (Å²) < 4.78 is 0. The van der Waals surface area contributed by atoms with Crippen LogP contribution in [0.1, 0.15) is 20.7 Å². The van der Waals surface area contributed by atoms with Gasteiger partial charge in [-0.3, -0.25) is 9.59 Å². The smallest absolute Gasteiger partial charge is 0.233 e. The predicted molar refractivity (Wildman–Crippen MR) is 117 cm³/mol. The van der Waals surface area contributed by atoms with Gasteiger partial charge in [-0.05, 0) is 12.1 Å². The molecule has 1 aromatic heterocycles. The lowest BCUT2D eigenvalue weighted by Gasteiger charge is -1.99. The Morgan fingerprint density at radius 2 is 0.793 bits per heavy atom. The molecule has 0 aliphatic carbocycles. The highest BCUT2D eigenvalue weighted by molar-refractivity contribution is 6.49. The monoisotopic (exact) mass is 377 g/mol. The Morgan fingerprint density at radius 3 is 1.21 bits per heavy atom. The maximum Gasteiger partial charge on any atom is 0.233 e. The van der Waals surface area contributed by atoms with Gasteiger partial charge in [0.25, 0.3) is 0 Å². The van der Waals surface area contributed by atoms with Crippen molar-refractivity contribution < 1.29 is 9.59 Å². The van der Waals surface area contributed by atoms with Gasteiger partial charge in [-0.15, -0.1) is 0 Å². The van der Waals surface area contributed by atoms with Crippen molar-refractivity contribution in [2.45, 2.75) is 0 Å². The molecule has 0 unspecified atom stereocenters. The number of rotatable bonds is 3. The number of carbonyl (C=O) groups excluding carboxylic acids is 2. The van der Waals surface area contributed by atoms with Gasteiger partial charge >= 0.3 is 0 Å². The quantitative estimate of drug-likeness (QED) is 0.306. The van der Waals surface area contributed by atoms with Crippen LogP contribution in [-0.4, -0.2) is 16.6 Å². The van der Waals surface area contributed by atoms with Crippen molar-refractivity contribution in [3.8, 4) is 0 Å². The van der Waals surface area contributed by atoms with E-state index in [1.54, 1.807) is 48.5 Å². The molecule has 4 aromatic carbocycles. The second-order valence-corrected chi connectivity index (χ2v) is 6.61. The SMILES string of the molecule is O=C(C(=O)c1ccccc1)c1ccccc1.c1ccc2c(c1)[nH]c1ccccc12. The topological polar surface area (TPSA) is 49.9 Å². The second kappa shape index (κ2) is 8.36. The zero-order chi connectivity index (χ0) is 20.1. The number of fused-ring (bicyclic) bond motifs is 3. The number of aromatic amines is 1. The number of Topliss-reactive ketones (excluding diaryl/α,β-unsaturated/α-hetero) is 2. The van der Waals surface area contributed by atoms with Crippen molar-refractivity contribution in [2.75, 3.05) is 0 Å². The molecule has 5 aromatic rings. The minimum atomic E-state index is -0.466. The number of aromatic nitrogens is 1. The molecule has 0 aliphatic heterocycles. The number of carbonyl (C=O) groups is 2. The first-order valence-electron chi connectivity index (χ1n) is 9.38. The summed E-state index contributed by atoms with van der Waals surface area (Å²) in [6.45, 7) is 0.